The summed E-state index contributed by atoms with van der Waals surface area (Å²) in [6, 6.07) is 26.4. The molecular weight excluding hydrogens is 364 g/mol. The first-order chi connectivity index (χ1) is 14.2. The zero-order valence-corrected chi connectivity index (χ0v) is 15.9. The second-order valence-corrected chi connectivity index (χ2v) is 7.37. The summed E-state index contributed by atoms with van der Waals surface area (Å²) in [4.78, 5) is 34.2. The van der Waals surface area contributed by atoms with Crippen molar-refractivity contribution >= 4 is 23.2 Å². The van der Waals surface area contributed by atoms with Gasteiger partial charge in [-0.3, -0.25) is 14.4 Å². The molecule has 3 atom stereocenters. The maximum Gasteiger partial charge on any atom is 0.266 e. The quantitative estimate of drug-likeness (QED) is 0.640. The van der Waals surface area contributed by atoms with Crippen LogP contribution in [0, 0.1) is 12.8 Å². The minimum absolute atomic E-state index is 0.221. The number of anilines is 2. The molecule has 0 aromatic heterocycles. The number of amides is 2. The molecule has 2 heterocycles. The molecule has 29 heavy (non-hydrogen) atoms. The monoisotopic (exact) mass is 384 g/mol. The molecule has 2 saturated heterocycles. The Morgan fingerprint density at radius 3 is 2.07 bits per heavy atom. The van der Waals surface area contributed by atoms with Gasteiger partial charge in [-0.25, -0.2) is 9.96 Å². The van der Waals surface area contributed by atoms with E-state index in [1.54, 1.807) is 11.1 Å². The van der Waals surface area contributed by atoms with Crippen LogP contribution < -0.4 is 9.96 Å². The summed E-state index contributed by atoms with van der Waals surface area (Å²) in [6.07, 6.45) is -0.840. The number of carbonyl (C=O) groups excluding carboxylic acids is 2. The molecule has 5 heteroatoms. The molecule has 0 saturated carbocycles. The van der Waals surface area contributed by atoms with Gasteiger partial charge in [0.2, 0.25) is 5.91 Å². The minimum atomic E-state index is -0.840. The van der Waals surface area contributed by atoms with Gasteiger partial charge in [0, 0.05) is 0 Å². The van der Waals surface area contributed by atoms with Gasteiger partial charge < -0.3 is 0 Å². The lowest BCUT2D eigenvalue weighted by molar-refractivity contribution is -0.126. The zero-order chi connectivity index (χ0) is 20.0. The number of fused-ring (bicyclic) bond motifs is 1. The van der Waals surface area contributed by atoms with E-state index < -0.39 is 12.0 Å². The first-order valence-electron chi connectivity index (χ1n) is 9.66. The number of hydroxylamine groups is 1. The molecule has 2 fully saturated rings. The SMILES string of the molecule is Cc1ccccc1N1C(=O)[C@@H]2[C@H](ON(c3ccccc3)[C@H]2c2ccccc2)C1=O. The first kappa shape index (κ1) is 17.6. The van der Waals surface area contributed by atoms with Gasteiger partial charge in [-0.2, -0.15) is 0 Å². The summed E-state index contributed by atoms with van der Waals surface area (Å²) >= 11 is 0. The van der Waals surface area contributed by atoms with E-state index in [-0.39, 0.29) is 17.9 Å². The molecule has 0 radical (unpaired) electrons. The number of hydrogen-bond donors (Lipinski definition) is 0. The Morgan fingerprint density at radius 1 is 0.759 bits per heavy atom. The Hall–Kier alpha value is -3.44. The van der Waals surface area contributed by atoms with Gasteiger partial charge >= 0.3 is 0 Å². The highest BCUT2D eigenvalue weighted by Gasteiger charge is 2.60. The lowest BCUT2D eigenvalue weighted by Gasteiger charge is -2.29. The number of rotatable bonds is 3. The van der Waals surface area contributed by atoms with E-state index in [9.17, 15) is 9.59 Å². The van der Waals surface area contributed by atoms with Crippen molar-refractivity contribution in [1.82, 2.24) is 0 Å². The highest BCUT2D eigenvalue weighted by Crippen LogP contribution is 2.47. The third-order valence-electron chi connectivity index (χ3n) is 5.62. The van der Waals surface area contributed by atoms with E-state index in [1.807, 2.05) is 85.8 Å². The van der Waals surface area contributed by atoms with Crippen LogP contribution in [0.4, 0.5) is 11.4 Å². The molecule has 144 valence electrons. The standard InChI is InChI=1S/C24H20N2O3/c1-16-10-8-9-15-19(16)25-23(27)20-21(17-11-4-2-5-12-17)26(29-22(20)24(25)28)18-13-6-3-7-14-18/h2-15,20-22H,1H3/t20-,21-,22-/m0/s1. The molecule has 0 N–H and O–H groups in total. The number of carbonyl (C=O) groups is 2. The summed E-state index contributed by atoms with van der Waals surface area (Å²) < 4.78 is 0. The molecule has 2 amide bonds. The molecule has 0 aliphatic carbocycles. The van der Waals surface area contributed by atoms with Crippen molar-refractivity contribution in [2.45, 2.75) is 19.1 Å². The predicted octanol–water partition coefficient (Wildman–Crippen LogP) is 4.05. The second kappa shape index (κ2) is 6.87. The Kier molecular flexibility index (Phi) is 4.18. The van der Waals surface area contributed by atoms with Crippen LogP contribution in [-0.4, -0.2) is 17.9 Å². The van der Waals surface area contributed by atoms with E-state index in [0.29, 0.717) is 5.69 Å². The van der Waals surface area contributed by atoms with Gasteiger partial charge in [0.05, 0.1) is 17.4 Å². The lowest BCUT2D eigenvalue weighted by atomic mass is 9.90. The minimum Gasteiger partial charge on any atom is -0.273 e. The summed E-state index contributed by atoms with van der Waals surface area (Å²) in [5, 5.41) is 1.72. The van der Waals surface area contributed by atoms with Gasteiger partial charge in [0.25, 0.3) is 5.91 Å². The number of nitrogens with zero attached hydrogens (tertiary/aromatic N) is 2. The van der Waals surface area contributed by atoms with Gasteiger partial charge in [0.15, 0.2) is 6.10 Å². The summed E-state index contributed by atoms with van der Waals surface area (Å²) in [6.45, 7) is 1.90. The topological polar surface area (TPSA) is 49.9 Å². The van der Waals surface area contributed by atoms with Crippen molar-refractivity contribution in [2.75, 3.05) is 9.96 Å². The van der Waals surface area contributed by atoms with Gasteiger partial charge in [-0.1, -0.05) is 66.7 Å². The van der Waals surface area contributed by atoms with E-state index >= 15 is 0 Å². The van der Waals surface area contributed by atoms with Gasteiger partial charge in [-0.05, 0) is 36.2 Å². The van der Waals surface area contributed by atoms with Crippen molar-refractivity contribution in [3.05, 3.63) is 96.1 Å². The second-order valence-electron chi connectivity index (χ2n) is 7.37. The van der Waals surface area contributed by atoms with Gasteiger partial charge in [0.1, 0.15) is 5.92 Å². The molecular formula is C24H20N2O3. The van der Waals surface area contributed by atoms with Crippen molar-refractivity contribution in [3.63, 3.8) is 0 Å². The van der Waals surface area contributed by atoms with Crippen LogP contribution in [0.15, 0.2) is 84.9 Å². The van der Waals surface area contributed by atoms with Crippen LogP contribution in [0.2, 0.25) is 0 Å². The van der Waals surface area contributed by atoms with Crippen LogP contribution >= 0.6 is 0 Å². The fourth-order valence-corrected chi connectivity index (χ4v) is 4.25. The summed E-state index contributed by atoms with van der Waals surface area (Å²) in [5.74, 6) is -1.14. The highest BCUT2D eigenvalue weighted by molar-refractivity contribution is 6.24. The van der Waals surface area contributed by atoms with Crippen LogP contribution in [-0.2, 0) is 14.4 Å². The van der Waals surface area contributed by atoms with Crippen LogP contribution in [0.3, 0.4) is 0 Å². The molecule has 5 nitrogen and oxygen atoms in total. The molecule has 2 aliphatic heterocycles. The van der Waals surface area contributed by atoms with E-state index in [4.69, 9.17) is 4.84 Å². The number of hydrogen-bond acceptors (Lipinski definition) is 4. The average molecular weight is 384 g/mol. The summed E-state index contributed by atoms with van der Waals surface area (Å²) in [5.41, 5.74) is 3.26. The third-order valence-corrected chi connectivity index (χ3v) is 5.62. The van der Waals surface area contributed by atoms with E-state index in [1.165, 1.54) is 4.90 Å². The Balaban J connectivity index is 1.60. The number of para-hydroxylation sites is 2. The molecule has 0 bridgehead atoms. The number of imide groups is 1. The fraction of sp³-hybridized carbons (Fsp3) is 0.167. The lowest BCUT2D eigenvalue weighted by Crippen LogP contribution is -2.37. The maximum atomic E-state index is 13.5. The largest absolute Gasteiger partial charge is 0.273 e. The molecule has 5 rings (SSSR count). The molecule has 3 aromatic rings. The maximum absolute atomic E-state index is 13.5. The molecule has 0 spiro atoms. The fourth-order valence-electron chi connectivity index (χ4n) is 4.25. The predicted molar refractivity (Wildman–Crippen MR) is 110 cm³/mol. The van der Waals surface area contributed by atoms with Crippen molar-refractivity contribution in [1.29, 1.82) is 0 Å². The Morgan fingerprint density at radius 2 is 1.38 bits per heavy atom. The normalized spacial score (nSPS) is 23.6. The van der Waals surface area contributed by atoms with Crippen LogP contribution in [0.5, 0.6) is 0 Å². The Labute approximate surface area is 169 Å². The van der Waals surface area contributed by atoms with Crippen molar-refractivity contribution in [3.8, 4) is 0 Å². The first-order valence-corrected chi connectivity index (χ1v) is 9.66. The smallest absolute Gasteiger partial charge is 0.266 e. The molecule has 2 aliphatic rings. The van der Waals surface area contributed by atoms with E-state index in [2.05, 4.69) is 0 Å². The van der Waals surface area contributed by atoms with Crippen molar-refractivity contribution in [2.24, 2.45) is 5.92 Å². The number of benzene rings is 3. The zero-order valence-electron chi connectivity index (χ0n) is 15.9. The Bertz CT molecular complexity index is 1070. The molecule has 0 unspecified atom stereocenters. The average Bonchev–Trinajstić information content (AvgIpc) is 3.26. The summed E-state index contributed by atoms with van der Waals surface area (Å²) in [7, 11) is 0. The van der Waals surface area contributed by atoms with Crippen molar-refractivity contribution < 1.29 is 14.4 Å². The highest BCUT2D eigenvalue weighted by atomic mass is 16.7. The number of aryl methyl sites for hydroxylation is 1. The van der Waals surface area contributed by atoms with Crippen LogP contribution in [0.1, 0.15) is 17.2 Å². The van der Waals surface area contributed by atoms with Gasteiger partial charge in [-0.15, -0.1) is 0 Å². The van der Waals surface area contributed by atoms with Crippen LogP contribution in [0.25, 0.3) is 0 Å². The van der Waals surface area contributed by atoms with E-state index in [0.717, 1.165) is 16.8 Å². The third kappa shape index (κ3) is 2.74. The molecule has 3 aromatic carbocycles.